The van der Waals surface area contributed by atoms with Gasteiger partial charge in [0.05, 0.1) is 24.2 Å². The van der Waals surface area contributed by atoms with Crippen LogP contribution in [0.3, 0.4) is 0 Å². The Morgan fingerprint density at radius 3 is 3.00 bits per heavy atom. The first-order valence-corrected chi connectivity index (χ1v) is 7.82. The lowest BCUT2D eigenvalue weighted by molar-refractivity contribution is -0.117. The molecule has 2 heterocycles. The number of carbonyl (C=O) groups excluding carboxylic acids is 1. The normalized spacial score (nSPS) is 17.8. The zero-order valence-corrected chi connectivity index (χ0v) is 13.2. The number of nitrogens with one attached hydrogen (secondary N) is 1. The molecule has 0 saturated carbocycles. The molecule has 0 aliphatic carbocycles. The van der Waals surface area contributed by atoms with Crippen LogP contribution in [0.1, 0.15) is 30.1 Å². The minimum atomic E-state index is -0.0406. The van der Waals surface area contributed by atoms with Crippen LogP contribution in [-0.4, -0.2) is 28.5 Å². The van der Waals surface area contributed by atoms with E-state index in [1.165, 1.54) is 5.69 Å². The summed E-state index contributed by atoms with van der Waals surface area (Å²) in [5.41, 5.74) is 2.47. The van der Waals surface area contributed by atoms with Gasteiger partial charge in [0.15, 0.2) is 0 Å². The first-order chi connectivity index (χ1) is 11.2. The summed E-state index contributed by atoms with van der Waals surface area (Å²) in [6.07, 6.45) is 4.22. The Morgan fingerprint density at radius 2 is 2.26 bits per heavy atom. The standard InChI is InChI=1S/C18H20N4O/c1-21-9-3-7-16(21)17-8-4-10-22(17)13-18(23)20-15-6-2-5-14(11-15)12-19/h2-3,5-7,9,11,17H,4,8,10,13H2,1H3,(H,20,23)/t17-/m0/s1. The topological polar surface area (TPSA) is 61.1 Å². The Morgan fingerprint density at radius 1 is 1.39 bits per heavy atom. The predicted octanol–water partition coefficient (Wildman–Crippen LogP) is 2.67. The van der Waals surface area contributed by atoms with Crippen molar-refractivity contribution in [3.63, 3.8) is 0 Å². The molecule has 0 spiro atoms. The van der Waals surface area contributed by atoms with Gasteiger partial charge in [0.1, 0.15) is 0 Å². The van der Waals surface area contributed by atoms with Gasteiger partial charge in [-0.3, -0.25) is 9.69 Å². The molecule has 23 heavy (non-hydrogen) atoms. The lowest BCUT2D eigenvalue weighted by Crippen LogP contribution is -2.33. The smallest absolute Gasteiger partial charge is 0.238 e. The zero-order valence-electron chi connectivity index (χ0n) is 13.2. The minimum Gasteiger partial charge on any atom is -0.353 e. The first kappa shape index (κ1) is 15.3. The fourth-order valence-electron chi connectivity index (χ4n) is 3.22. The first-order valence-electron chi connectivity index (χ1n) is 7.82. The highest BCUT2D eigenvalue weighted by atomic mass is 16.2. The second kappa shape index (κ2) is 6.67. The third-order valence-corrected chi connectivity index (χ3v) is 4.31. The Hall–Kier alpha value is -2.58. The van der Waals surface area contributed by atoms with Crippen LogP contribution in [0.2, 0.25) is 0 Å². The van der Waals surface area contributed by atoms with Crippen molar-refractivity contribution in [1.82, 2.24) is 9.47 Å². The van der Waals surface area contributed by atoms with Crippen LogP contribution < -0.4 is 5.32 Å². The minimum absolute atomic E-state index is 0.0406. The molecule has 5 heteroatoms. The molecule has 1 amide bonds. The van der Waals surface area contributed by atoms with Gasteiger partial charge in [-0.1, -0.05) is 6.07 Å². The third-order valence-electron chi connectivity index (χ3n) is 4.31. The molecule has 1 N–H and O–H groups in total. The van der Waals surface area contributed by atoms with Gasteiger partial charge in [0, 0.05) is 24.6 Å². The molecule has 0 unspecified atom stereocenters. The summed E-state index contributed by atoms with van der Waals surface area (Å²) >= 11 is 0. The van der Waals surface area contributed by atoms with Crippen LogP contribution in [0.4, 0.5) is 5.69 Å². The Kier molecular flexibility index (Phi) is 4.45. The predicted molar refractivity (Wildman–Crippen MR) is 88.7 cm³/mol. The summed E-state index contributed by atoms with van der Waals surface area (Å²) < 4.78 is 2.12. The lowest BCUT2D eigenvalue weighted by atomic mass is 10.1. The van der Waals surface area contributed by atoms with Crippen molar-refractivity contribution in [2.75, 3.05) is 18.4 Å². The van der Waals surface area contributed by atoms with E-state index < -0.39 is 0 Å². The van der Waals surface area contributed by atoms with E-state index >= 15 is 0 Å². The van der Waals surface area contributed by atoms with Crippen LogP contribution in [0.15, 0.2) is 42.6 Å². The van der Waals surface area contributed by atoms with Crippen LogP contribution in [0, 0.1) is 11.3 Å². The molecule has 1 fully saturated rings. The number of rotatable bonds is 4. The monoisotopic (exact) mass is 308 g/mol. The maximum Gasteiger partial charge on any atom is 0.238 e. The molecular weight excluding hydrogens is 288 g/mol. The maximum absolute atomic E-state index is 12.3. The van der Waals surface area contributed by atoms with Crippen LogP contribution >= 0.6 is 0 Å². The molecule has 3 rings (SSSR count). The SMILES string of the molecule is Cn1cccc1[C@@H]1CCCN1CC(=O)Nc1cccc(C#N)c1. The van der Waals surface area contributed by atoms with E-state index in [0.29, 0.717) is 23.8 Å². The van der Waals surface area contributed by atoms with E-state index in [1.807, 2.05) is 19.3 Å². The summed E-state index contributed by atoms with van der Waals surface area (Å²) in [5.74, 6) is -0.0406. The highest BCUT2D eigenvalue weighted by Crippen LogP contribution is 2.31. The molecular formula is C18H20N4O. The zero-order chi connectivity index (χ0) is 16.2. The quantitative estimate of drug-likeness (QED) is 0.944. The van der Waals surface area contributed by atoms with E-state index in [0.717, 1.165) is 19.4 Å². The number of amides is 1. The number of hydrogen-bond acceptors (Lipinski definition) is 3. The average molecular weight is 308 g/mol. The number of nitrogens with zero attached hydrogens (tertiary/aromatic N) is 3. The number of aromatic nitrogens is 1. The van der Waals surface area contributed by atoms with Gasteiger partial charge in [-0.05, 0) is 49.7 Å². The summed E-state index contributed by atoms with van der Waals surface area (Å²) in [6, 6.07) is 13.5. The largest absolute Gasteiger partial charge is 0.353 e. The number of carbonyl (C=O) groups is 1. The van der Waals surface area contributed by atoms with E-state index in [2.05, 4.69) is 26.9 Å². The van der Waals surface area contributed by atoms with E-state index in [1.54, 1.807) is 24.3 Å². The van der Waals surface area contributed by atoms with Gasteiger partial charge in [-0.15, -0.1) is 0 Å². The van der Waals surface area contributed by atoms with Crippen molar-refractivity contribution in [2.24, 2.45) is 7.05 Å². The maximum atomic E-state index is 12.3. The van der Waals surface area contributed by atoms with E-state index in [-0.39, 0.29) is 5.91 Å². The van der Waals surface area contributed by atoms with Crippen LogP contribution in [0.5, 0.6) is 0 Å². The highest BCUT2D eigenvalue weighted by Gasteiger charge is 2.28. The highest BCUT2D eigenvalue weighted by molar-refractivity contribution is 5.92. The molecule has 118 valence electrons. The summed E-state index contributed by atoms with van der Waals surface area (Å²) in [6.45, 7) is 1.30. The molecule has 0 bridgehead atoms. The number of hydrogen-bond donors (Lipinski definition) is 1. The van der Waals surface area contributed by atoms with Gasteiger partial charge in [-0.25, -0.2) is 0 Å². The lowest BCUT2D eigenvalue weighted by Gasteiger charge is -2.24. The summed E-state index contributed by atoms with van der Waals surface area (Å²) in [4.78, 5) is 14.5. The Balaban J connectivity index is 1.65. The molecule has 1 atom stereocenters. The number of likely N-dealkylation sites (tertiary alicyclic amines) is 1. The Bertz CT molecular complexity index is 743. The Labute approximate surface area is 136 Å². The van der Waals surface area contributed by atoms with Crippen LogP contribution in [0.25, 0.3) is 0 Å². The molecule has 1 aromatic heterocycles. The number of benzene rings is 1. The van der Waals surface area contributed by atoms with Crippen molar-refractivity contribution < 1.29 is 4.79 Å². The summed E-state index contributed by atoms with van der Waals surface area (Å²) in [7, 11) is 2.04. The fraction of sp³-hybridized carbons (Fsp3) is 0.333. The van der Waals surface area contributed by atoms with Gasteiger partial charge >= 0.3 is 0 Å². The number of nitriles is 1. The van der Waals surface area contributed by atoms with E-state index in [9.17, 15) is 4.79 Å². The molecule has 1 aliphatic heterocycles. The molecule has 1 aromatic carbocycles. The number of aryl methyl sites for hydroxylation is 1. The molecule has 5 nitrogen and oxygen atoms in total. The van der Waals surface area contributed by atoms with Gasteiger partial charge < -0.3 is 9.88 Å². The average Bonchev–Trinajstić information content (AvgIpc) is 3.15. The van der Waals surface area contributed by atoms with Crippen molar-refractivity contribution in [1.29, 1.82) is 5.26 Å². The fourth-order valence-corrected chi connectivity index (χ4v) is 3.22. The number of anilines is 1. The van der Waals surface area contributed by atoms with Crippen molar-refractivity contribution in [2.45, 2.75) is 18.9 Å². The molecule has 1 saturated heterocycles. The van der Waals surface area contributed by atoms with Crippen molar-refractivity contribution in [3.05, 3.63) is 53.9 Å². The third kappa shape index (κ3) is 3.43. The molecule has 2 aromatic rings. The van der Waals surface area contributed by atoms with Crippen molar-refractivity contribution in [3.8, 4) is 6.07 Å². The molecule has 0 radical (unpaired) electrons. The van der Waals surface area contributed by atoms with E-state index in [4.69, 9.17) is 5.26 Å². The van der Waals surface area contributed by atoms with Crippen LogP contribution in [-0.2, 0) is 11.8 Å². The second-order valence-corrected chi connectivity index (χ2v) is 5.91. The van der Waals surface area contributed by atoms with Gasteiger partial charge in [-0.2, -0.15) is 5.26 Å². The van der Waals surface area contributed by atoms with Gasteiger partial charge in [0.2, 0.25) is 5.91 Å². The second-order valence-electron chi connectivity index (χ2n) is 5.91. The van der Waals surface area contributed by atoms with Crippen molar-refractivity contribution >= 4 is 11.6 Å². The summed E-state index contributed by atoms with van der Waals surface area (Å²) in [5, 5.41) is 11.8. The van der Waals surface area contributed by atoms with Gasteiger partial charge in [0.25, 0.3) is 0 Å². The molecule has 1 aliphatic rings.